The number of hydrogen-bond donors (Lipinski definition) is 0. The van der Waals surface area contributed by atoms with Gasteiger partial charge in [0.2, 0.25) is 0 Å². The monoisotopic (exact) mass is 255 g/mol. The Balaban J connectivity index is 2.45. The first kappa shape index (κ1) is 12.4. The zero-order valence-corrected chi connectivity index (χ0v) is 8.96. The van der Waals surface area contributed by atoms with Crippen LogP contribution in [0.25, 0.3) is 11.1 Å². The van der Waals surface area contributed by atoms with E-state index in [2.05, 4.69) is 10.8 Å². The molecule has 1 radical (unpaired) electrons. The van der Waals surface area contributed by atoms with Crippen LogP contribution in [0, 0.1) is 11.9 Å². The summed E-state index contributed by atoms with van der Waals surface area (Å²) >= 11 is 0. The molecule has 0 fully saturated rings. The normalized spacial score (nSPS) is 11.3. The largest absolute Gasteiger partial charge is 0.573 e. The highest BCUT2D eigenvalue weighted by Crippen LogP contribution is 2.33. The third kappa shape index (κ3) is 3.00. The smallest absolute Gasteiger partial charge is 0.405 e. The molecule has 5 heteroatoms. The Kier molecular flexibility index (Phi) is 3.23. The lowest BCUT2D eigenvalue weighted by Crippen LogP contribution is -2.17. The lowest BCUT2D eigenvalue weighted by atomic mass is 10.0. The maximum Gasteiger partial charge on any atom is 0.573 e. The molecule has 2 aromatic rings. The van der Waals surface area contributed by atoms with E-state index < -0.39 is 17.9 Å². The fourth-order valence-corrected chi connectivity index (χ4v) is 1.52. The average Bonchev–Trinajstić information content (AvgIpc) is 2.27. The van der Waals surface area contributed by atoms with Crippen molar-refractivity contribution in [3.8, 4) is 16.9 Å². The van der Waals surface area contributed by atoms with Gasteiger partial charge in [0, 0.05) is 5.56 Å². The van der Waals surface area contributed by atoms with Crippen molar-refractivity contribution < 1.29 is 22.3 Å². The Hall–Kier alpha value is -2.04. The van der Waals surface area contributed by atoms with Crippen LogP contribution in [-0.4, -0.2) is 6.36 Å². The zero-order valence-electron chi connectivity index (χ0n) is 8.96. The Morgan fingerprint density at radius 3 is 2.56 bits per heavy atom. The van der Waals surface area contributed by atoms with Crippen molar-refractivity contribution in [3.63, 3.8) is 0 Å². The van der Waals surface area contributed by atoms with Crippen LogP contribution in [0.5, 0.6) is 5.75 Å². The molecule has 2 rings (SSSR count). The second-order valence-electron chi connectivity index (χ2n) is 3.48. The van der Waals surface area contributed by atoms with Crippen LogP contribution in [0.4, 0.5) is 17.6 Å². The highest BCUT2D eigenvalue weighted by Gasteiger charge is 2.32. The quantitative estimate of drug-likeness (QED) is 0.731. The summed E-state index contributed by atoms with van der Waals surface area (Å²) in [5.74, 6) is -0.936. The van der Waals surface area contributed by atoms with Gasteiger partial charge in [0.25, 0.3) is 0 Å². The summed E-state index contributed by atoms with van der Waals surface area (Å²) in [5, 5.41) is 0. The van der Waals surface area contributed by atoms with E-state index in [0.29, 0.717) is 5.56 Å². The van der Waals surface area contributed by atoms with E-state index in [-0.39, 0.29) is 5.56 Å². The van der Waals surface area contributed by atoms with Crippen LogP contribution in [0.15, 0.2) is 42.5 Å². The van der Waals surface area contributed by atoms with Gasteiger partial charge in [0.15, 0.2) is 0 Å². The minimum absolute atomic E-state index is 0.158. The Morgan fingerprint density at radius 1 is 1.11 bits per heavy atom. The summed E-state index contributed by atoms with van der Waals surface area (Å²) in [5.41, 5.74) is 0.467. The maximum absolute atomic E-state index is 13.1. The van der Waals surface area contributed by atoms with E-state index in [0.717, 1.165) is 12.1 Å². The van der Waals surface area contributed by atoms with Gasteiger partial charge in [-0.3, -0.25) is 0 Å². The fraction of sp³-hybridized carbons (Fsp3) is 0.0769. The highest BCUT2D eigenvalue weighted by molar-refractivity contribution is 5.70. The lowest BCUT2D eigenvalue weighted by Gasteiger charge is -2.13. The molecule has 0 N–H and O–H groups in total. The molecule has 0 saturated carbocycles. The topological polar surface area (TPSA) is 9.23 Å². The van der Waals surface area contributed by atoms with Gasteiger partial charge < -0.3 is 4.74 Å². The van der Waals surface area contributed by atoms with Crippen LogP contribution in [0.1, 0.15) is 0 Å². The summed E-state index contributed by atoms with van der Waals surface area (Å²) in [4.78, 5) is 0. The molecule has 1 nitrogen and oxygen atoms in total. The van der Waals surface area contributed by atoms with E-state index in [1.807, 2.05) is 0 Å². The number of hydrogen-bond acceptors (Lipinski definition) is 1. The predicted molar refractivity (Wildman–Crippen MR) is 57.4 cm³/mol. The molecule has 2 aromatic carbocycles. The minimum Gasteiger partial charge on any atom is -0.405 e. The Labute approximate surface area is 101 Å². The van der Waals surface area contributed by atoms with E-state index in [1.165, 1.54) is 30.3 Å². The summed E-state index contributed by atoms with van der Waals surface area (Å²) in [6.45, 7) is 0. The molecule has 0 aliphatic carbocycles. The summed E-state index contributed by atoms with van der Waals surface area (Å²) < 4.78 is 53.5. The summed E-state index contributed by atoms with van der Waals surface area (Å²) in [6.07, 6.45) is -4.79. The number of alkyl halides is 3. The first-order chi connectivity index (χ1) is 8.46. The highest BCUT2D eigenvalue weighted by atomic mass is 19.4. The molecule has 0 aromatic heterocycles. The SMILES string of the molecule is Fc1cccc(-c2cc[c]cc2OC(F)(F)F)c1. The van der Waals surface area contributed by atoms with Crippen molar-refractivity contribution in [2.45, 2.75) is 6.36 Å². The predicted octanol–water partition coefficient (Wildman–Crippen LogP) is 4.19. The van der Waals surface area contributed by atoms with Gasteiger partial charge in [0.05, 0.1) is 0 Å². The molecule has 0 unspecified atom stereocenters. The van der Waals surface area contributed by atoms with Crippen LogP contribution < -0.4 is 4.74 Å². The van der Waals surface area contributed by atoms with Gasteiger partial charge in [-0.25, -0.2) is 4.39 Å². The third-order valence-electron chi connectivity index (χ3n) is 2.19. The van der Waals surface area contributed by atoms with Crippen LogP contribution in [-0.2, 0) is 0 Å². The zero-order chi connectivity index (χ0) is 13.2. The van der Waals surface area contributed by atoms with E-state index in [4.69, 9.17) is 0 Å². The first-order valence-electron chi connectivity index (χ1n) is 4.97. The van der Waals surface area contributed by atoms with Gasteiger partial charge in [0.1, 0.15) is 11.6 Å². The van der Waals surface area contributed by atoms with Crippen LogP contribution in [0.3, 0.4) is 0 Å². The molecule has 0 heterocycles. The van der Waals surface area contributed by atoms with Crippen molar-refractivity contribution in [3.05, 3.63) is 54.3 Å². The number of benzene rings is 2. The van der Waals surface area contributed by atoms with E-state index in [1.54, 1.807) is 0 Å². The van der Waals surface area contributed by atoms with Gasteiger partial charge in [-0.1, -0.05) is 24.3 Å². The molecule has 18 heavy (non-hydrogen) atoms. The van der Waals surface area contributed by atoms with Crippen LogP contribution >= 0.6 is 0 Å². The molecule has 0 aliphatic rings. The minimum atomic E-state index is -4.79. The third-order valence-corrected chi connectivity index (χ3v) is 2.19. The summed E-state index contributed by atoms with van der Waals surface area (Å²) in [7, 11) is 0. The van der Waals surface area contributed by atoms with Crippen molar-refractivity contribution >= 4 is 0 Å². The molecule has 0 spiro atoms. The van der Waals surface area contributed by atoms with Crippen LogP contribution in [0.2, 0.25) is 0 Å². The molecule has 0 bridgehead atoms. The van der Waals surface area contributed by atoms with Gasteiger partial charge >= 0.3 is 6.36 Å². The van der Waals surface area contributed by atoms with Gasteiger partial charge in [-0.2, -0.15) is 0 Å². The van der Waals surface area contributed by atoms with Crippen molar-refractivity contribution in [1.82, 2.24) is 0 Å². The molecule has 0 amide bonds. The molecule has 0 atom stereocenters. The second-order valence-corrected chi connectivity index (χ2v) is 3.48. The molecule has 0 aliphatic heterocycles. The molecular formula is C13H7F4O. The van der Waals surface area contributed by atoms with Gasteiger partial charge in [-0.05, 0) is 29.8 Å². The average molecular weight is 255 g/mol. The maximum atomic E-state index is 13.1. The van der Waals surface area contributed by atoms with E-state index >= 15 is 0 Å². The summed E-state index contributed by atoms with van der Waals surface area (Å²) in [6, 6.07) is 11.6. The molecular weight excluding hydrogens is 248 g/mol. The number of halogens is 4. The number of rotatable bonds is 2. The van der Waals surface area contributed by atoms with E-state index in [9.17, 15) is 17.6 Å². The molecule has 93 valence electrons. The first-order valence-corrected chi connectivity index (χ1v) is 4.97. The Bertz CT molecular complexity index is 549. The second kappa shape index (κ2) is 4.68. The molecule has 0 saturated heterocycles. The van der Waals surface area contributed by atoms with Crippen molar-refractivity contribution in [2.24, 2.45) is 0 Å². The Morgan fingerprint density at radius 2 is 1.89 bits per heavy atom. The van der Waals surface area contributed by atoms with Crippen molar-refractivity contribution in [2.75, 3.05) is 0 Å². The lowest BCUT2D eigenvalue weighted by molar-refractivity contribution is -0.274. The fourth-order valence-electron chi connectivity index (χ4n) is 1.52. The van der Waals surface area contributed by atoms with Crippen molar-refractivity contribution in [1.29, 1.82) is 0 Å². The van der Waals surface area contributed by atoms with Gasteiger partial charge in [-0.15, -0.1) is 13.2 Å². The number of ether oxygens (including phenoxy) is 1. The standard InChI is InChI=1S/C13H7F4O/c14-10-5-3-4-9(8-10)11-6-1-2-7-12(11)18-13(15,16)17/h1,3-8H.